The second-order valence-corrected chi connectivity index (χ2v) is 6.74. The number of carbonyl (C=O) groups is 1. The normalized spacial score (nSPS) is 12.3. The van der Waals surface area contributed by atoms with Gasteiger partial charge in [-0.15, -0.1) is 11.6 Å². The maximum Gasteiger partial charge on any atom is 0.254 e. The number of nitrogens with zero attached hydrogens (tertiary/aromatic N) is 1. The third-order valence-electron chi connectivity index (χ3n) is 2.37. The van der Waals surface area contributed by atoms with Gasteiger partial charge in [0.1, 0.15) is 0 Å². The van der Waals surface area contributed by atoms with Crippen LogP contribution in [0.4, 0.5) is 0 Å². The number of hydrogen-bond donors (Lipinski definition) is 0. The summed E-state index contributed by atoms with van der Waals surface area (Å²) in [5.74, 6) is 0.0352. The molecule has 2 nitrogen and oxygen atoms in total. The number of halogens is 3. The Balaban J connectivity index is 2.78. The van der Waals surface area contributed by atoms with Crippen LogP contribution in [0.25, 0.3) is 0 Å². The van der Waals surface area contributed by atoms with Gasteiger partial charge < -0.3 is 4.90 Å². The van der Waals surface area contributed by atoms with Crippen molar-refractivity contribution in [3.63, 3.8) is 0 Å². The maximum atomic E-state index is 12.2. The molecule has 0 bridgehead atoms. The molecule has 1 aromatic carbocycles. The Hall–Kier alpha value is 0.190. The summed E-state index contributed by atoms with van der Waals surface area (Å²) in [4.78, 5) is 13.9. The van der Waals surface area contributed by atoms with Crippen molar-refractivity contribution in [2.24, 2.45) is 0 Å². The summed E-state index contributed by atoms with van der Waals surface area (Å²) in [6, 6.07) is 5.71. The summed E-state index contributed by atoms with van der Waals surface area (Å²) in [5.41, 5.74) is 0.727. The molecule has 1 unspecified atom stereocenters. The Morgan fingerprint density at radius 2 is 2.24 bits per heavy atom. The Kier molecular flexibility index (Phi) is 6.23. The van der Waals surface area contributed by atoms with Gasteiger partial charge in [0.25, 0.3) is 5.91 Å². The molecule has 0 aliphatic heterocycles. The van der Waals surface area contributed by atoms with Crippen molar-refractivity contribution in [3.8, 4) is 0 Å². The molecule has 17 heavy (non-hydrogen) atoms. The van der Waals surface area contributed by atoms with Crippen LogP contribution in [-0.2, 0) is 0 Å². The van der Waals surface area contributed by atoms with Gasteiger partial charge in [-0.2, -0.15) is 0 Å². The Bertz CT molecular complexity index is 411. The fraction of sp³-hybridized carbons (Fsp3) is 0.417. The third-order valence-corrected chi connectivity index (χ3v) is 4.02. The van der Waals surface area contributed by atoms with Crippen LogP contribution in [0.3, 0.4) is 0 Å². The molecule has 0 spiro atoms. The molecule has 0 saturated heterocycles. The van der Waals surface area contributed by atoms with E-state index in [9.17, 15) is 4.79 Å². The highest BCUT2D eigenvalue weighted by molar-refractivity contribution is 14.1. The zero-order chi connectivity index (χ0) is 13.0. The molecule has 0 N–H and O–H groups in total. The maximum absolute atomic E-state index is 12.2. The highest BCUT2D eigenvalue weighted by atomic mass is 127. The summed E-state index contributed by atoms with van der Waals surface area (Å²) in [5, 5.41) is 0.0897. The molecular weight excluding hydrogens is 416 g/mol. The number of benzene rings is 1. The minimum atomic E-state index is 0.0352. The van der Waals surface area contributed by atoms with Gasteiger partial charge in [-0.25, -0.2) is 0 Å². The lowest BCUT2D eigenvalue weighted by Gasteiger charge is -2.18. The van der Waals surface area contributed by atoms with Crippen LogP contribution in [0.15, 0.2) is 22.7 Å². The first-order valence-electron chi connectivity index (χ1n) is 5.26. The van der Waals surface area contributed by atoms with E-state index in [0.717, 1.165) is 20.0 Å². The van der Waals surface area contributed by atoms with Crippen LogP contribution in [0.2, 0.25) is 0 Å². The van der Waals surface area contributed by atoms with E-state index in [0.29, 0.717) is 6.54 Å². The fourth-order valence-corrected chi connectivity index (χ4v) is 2.36. The average molecular weight is 431 g/mol. The van der Waals surface area contributed by atoms with Gasteiger partial charge in [-0.1, -0.05) is 15.9 Å². The molecule has 0 aliphatic carbocycles. The molecule has 5 heteroatoms. The minimum Gasteiger partial charge on any atom is -0.342 e. The van der Waals surface area contributed by atoms with E-state index >= 15 is 0 Å². The SMILES string of the molecule is CC(Cl)CCN(C)C(=O)c1cc(Br)ccc1I. The van der Waals surface area contributed by atoms with Crippen molar-refractivity contribution in [1.82, 2.24) is 4.90 Å². The third kappa shape index (κ3) is 4.75. The molecule has 0 radical (unpaired) electrons. The molecule has 1 rings (SSSR count). The van der Waals surface area contributed by atoms with Crippen molar-refractivity contribution < 1.29 is 4.79 Å². The molecule has 0 aliphatic rings. The second-order valence-electron chi connectivity index (χ2n) is 3.92. The predicted octanol–water partition coefficient (Wildman–Crippen LogP) is 4.14. The molecule has 0 saturated carbocycles. The van der Waals surface area contributed by atoms with E-state index in [4.69, 9.17) is 11.6 Å². The first kappa shape index (κ1) is 15.2. The topological polar surface area (TPSA) is 20.3 Å². The summed E-state index contributed by atoms with van der Waals surface area (Å²) < 4.78 is 1.88. The minimum absolute atomic E-state index is 0.0352. The van der Waals surface area contributed by atoms with Gasteiger partial charge in [0.2, 0.25) is 0 Å². The Morgan fingerprint density at radius 1 is 1.59 bits per heavy atom. The molecule has 1 atom stereocenters. The lowest BCUT2D eigenvalue weighted by Crippen LogP contribution is -2.29. The Morgan fingerprint density at radius 3 is 2.82 bits per heavy atom. The Labute approximate surface area is 129 Å². The number of rotatable bonds is 4. The van der Waals surface area contributed by atoms with Crippen LogP contribution in [0, 0.1) is 3.57 Å². The standard InChI is InChI=1S/C12H14BrClINO/c1-8(14)5-6-16(2)12(17)10-7-9(13)3-4-11(10)15/h3-4,7-8H,5-6H2,1-2H3. The van der Waals surface area contributed by atoms with Crippen molar-refractivity contribution >= 4 is 56.0 Å². The molecule has 0 aromatic heterocycles. The number of carbonyl (C=O) groups excluding carboxylic acids is 1. The molecule has 1 amide bonds. The average Bonchev–Trinajstić information content (AvgIpc) is 2.28. The number of hydrogen-bond acceptors (Lipinski definition) is 1. The van der Waals surface area contributed by atoms with Crippen molar-refractivity contribution in [2.45, 2.75) is 18.7 Å². The first-order valence-corrected chi connectivity index (χ1v) is 7.57. The van der Waals surface area contributed by atoms with Gasteiger partial charge in [0, 0.05) is 27.0 Å². The summed E-state index contributed by atoms with van der Waals surface area (Å²) in [6.45, 7) is 2.61. The fourth-order valence-electron chi connectivity index (χ4n) is 1.34. The van der Waals surface area contributed by atoms with Gasteiger partial charge in [-0.3, -0.25) is 4.79 Å². The molecule has 1 aromatic rings. The monoisotopic (exact) mass is 429 g/mol. The van der Waals surface area contributed by atoms with E-state index in [2.05, 4.69) is 38.5 Å². The lowest BCUT2D eigenvalue weighted by molar-refractivity contribution is 0.0792. The lowest BCUT2D eigenvalue weighted by atomic mass is 10.2. The first-order chi connectivity index (χ1) is 7.91. The van der Waals surface area contributed by atoms with Crippen LogP contribution in [0.5, 0.6) is 0 Å². The van der Waals surface area contributed by atoms with Gasteiger partial charge in [0.05, 0.1) is 5.56 Å². The van der Waals surface area contributed by atoms with Crippen molar-refractivity contribution in [2.75, 3.05) is 13.6 Å². The number of amides is 1. The molecule has 0 fully saturated rings. The molecular formula is C12H14BrClINO. The quantitative estimate of drug-likeness (QED) is 0.519. The zero-order valence-electron chi connectivity index (χ0n) is 9.71. The molecule has 94 valence electrons. The van der Waals surface area contributed by atoms with Crippen LogP contribution < -0.4 is 0 Å². The highest BCUT2D eigenvalue weighted by Crippen LogP contribution is 2.20. The van der Waals surface area contributed by atoms with Crippen LogP contribution in [-0.4, -0.2) is 29.8 Å². The van der Waals surface area contributed by atoms with E-state index in [1.807, 2.05) is 25.1 Å². The van der Waals surface area contributed by atoms with Gasteiger partial charge in [0.15, 0.2) is 0 Å². The van der Waals surface area contributed by atoms with Crippen molar-refractivity contribution in [3.05, 3.63) is 31.8 Å². The predicted molar refractivity (Wildman–Crippen MR) is 83.8 cm³/mol. The smallest absolute Gasteiger partial charge is 0.254 e. The summed E-state index contributed by atoms with van der Waals surface area (Å²) >= 11 is 11.4. The van der Waals surface area contributed by atoms with E-state index in [1.54, 1.807) is 11.9 Å². The summed E-state index contributed by atoms with van der Waals surface area (Å²) in [7, 11) is 1.80. The summed E-state index contributed by atoms with van der Waals surface area (Å²) in [6.07, 6.45) is 0.800. The zero-order valence-corrected chi connectivity index (χ0v) is 14.2. The van der Waals surface area contributed by atoms with Crippen LogP contribution >= 0.6 is 50.1 Å². The second kappa shape index (κ2) is 6.95. The number of alkyl halides is 1. The molecule has 0 heterocycles. The van der Waals surface area contributed by atoms with Gasteiger partial charge in [-0.05, 0) is 54.1 Å². The van der Waals surface area contributed by atoms with Crippen molar-refractivity contribution in [1.29, 1.82) is 0 Å². The highest BCUT2D eigenvalue weighted by Gasteiger charge is 2.15. The van der Waals surface area contributed by atoms with Crippen LogP contribution in [0.1, 0.15) is 23.7 Å². The van der Waals surface area contributed by atoms with E-state index in [1.165, 1.54) is 0 Å². The van der Waals surface area contributed by atoms with E-state index in [-0.39, 0.29) is 11.3 Å². The van der Waals surface area contributed by atoms with Gasteiger partial charge >= 0.3 is 0 Å². The van der Waals surface area contributed by atoms with E-state index < -0.39 is 0 Å². The largest absolute Gasteiger partial charge is 0.342 e.